The van der Waals surface area contributed by atoms with Gasteiger partial charge in [0.15, 0.2) is 0 Å². The van der Waals surface area contributed by atoms with Crippen LogP contribution in [0.1, 0.15) is 5.56 Å². The summed E-state index contributed by atoms with van der Waals surface area (Å²) in [4.78, 5) is 11.5. The van der Waals surface area contributed by atoms with Crippen LogP contribution in [0.2, 0.25) is 0 Å². The lowest BCUT2D eigenvalue weighted by Crippen LogP contribution is -2.22. The van der Waals surface area contributed by atoms with Gasteiger partial charge in [-0.25, -0.2) is 0 Å². The van der Waals surface area contributed by atoms with Crippen molar-refractivity contribution >= 4 is 21.6 Å². The van der Waals surface area contributed by atoms with Gasteiger partial charge in [0.2, 0.25) is 0 Å². The van der Waals surface area contributed by atoms with E-state index < -0.39 is 0 Å². The van der Waals surface area contributed by atoms with Crippen LogP contribution in [0.4, 0.5) is 5.69 Å². The summed E-state index contributed by atoms with van der Waals surface area (Å²) in [6.07, 6.45) is 1.80. The highest BCUT2D eigenvalue weighted by Gasteiger charge is 1.99. The van der Waals surface area contributed by atoms with Crippen molar-refractivity contribution in [3.63, 3.8) is 0 Å². The number of nitrogens with zero attached hydrogens (tertiary/aromatic N) is 1. The fourth-order valence-corrected chi connectivity index (χ4v) is 2.35. The van der Waals surface area contributed by atoms with Crippen molar-refractivity contribution in [2.45, 2.75) is 13.5 Å². The maximum Gasteiger partial charge on any atom is 0.250 e. The van der Waals surface area contributed by atoms with Gasteiger partial charge in [0.05, 0.1) is 0 Å². The van der Waals surface area contributed by atoms with Crippen LogP contribution in [0.15, 0.2) is 51.9 Å². The molecule has 0 amide bonds. The maximum atomic E-state index is 11.5. The van der Waals surface area contributed by atoms with E-state index in [0.717, 1.165) is 10.2 Å². The normalized spacial score (nSPS) is 10.3. The smallest absolute Gasteiger partial charge is 0.250 e. The summed E-state index contributed by atoms with van der Waals surface area (Å²) < 4.78 is 2.73. The second-order valence-electron chi connectivity index (χ2n) is 4.14. The van der Waals surface area contributed by atoms with Crippen LogP contribution in [0, 0.1) is 6.92 Å². The zero-order valence-corrected chi connectivity index (χ0v) is 11.8. The lowest BCUT2D eigenvalue weighted by atomic mass is 10.2. The number of pyridine rings is 1. The van der Waals surface area contributed by atoms with Gasteiger partial charge in [0.25, 0.3) is 5.56 Å². The van der Waals surface area contributed by atoms with Gasteiger partial charge in [-0.05, 0) is 46.6 Å². The molecule has 0 unspecified atom stereocenters. The van der Waals surface area contributed by atoms with Crippen molar-refractivity contribution in [1.82, 2.24) is 4.57 Å². The lowest BCUT2D eigenvalue weighted by molar-refractivity contribution is 0.697. The first-order chi connectivity index (χ1) is 8.66. The molecule has 0 fully saturated rings. The third kappa shape index (κ3) is 3.23. The molecule has 0 spiro atoms. The number of rotatable bonds is 4. The fraction of sp³-hybridized carbons (Fsp3) is 0.214. The Morgan fingerprint density at radius 1 is 1.28 bits per heavy atom. The molecule has 0 atom stereocenters. The molecular weight excluding hydrogens is 292 g/mol. The molecule has 0 radical (unpaired) electrons. The molecule has 0 aliphatic carbocycles. The van der Waals surface area contributed by atoms with Gasteiger partial charge in [-0.1, -0.05) is 12.1 Å². The second-order valence-corrected chi connectivity index (χ2v) is 5.00. The highest BCUT2D eigenvalue weighted by molar-refractivity contribution is 9.10. The Kier molecular flexibility index (Phi) is 4.20. The van der Waals surface area contributed by atoms with E-state index >= 15 is 0 Å². The standard InChI is InChI=1S/C14H15BrN2O/c1-11-5-6-13(12(15)10-11)16-7-9-17-8-3-2-4-14(17)18/h2-6,8,10,16H,7,9H2,1H3. The van der Waals surface area contributed by atoms with E-state index in [-0.39, 0.29) is 5.56 Å². The first-order valence-electron chi connectivity index (χ1n) is 5.82. The van der Waals surface area contributed by atoms with Crippen LogP contribution in [-0.4, -0.2) is 11.1 Å². The van der Waals surface area contributed by atoms with Gasteiger partial charge in [-0.3, -0.25) is 4.79 Å². The van der Waals surface area contributed by atoms with E-state index in [0.29, 0.717) is 13.1 Å². The summed E-state index contributed by atoms with van der Waals surface area (Å²) >= 11 is 3.52. The Balaban J connectivity index is 1.97. The van der Waals surface area contributed by atoms with E-state index in [9.17, 15) is 4.79 Å². The molecule has 1 aromatic carbocycles. The SMILES string of the molecule is Cc1ccc(NCCn2ccccc2=O)c(Br)c1. The zero-order valence-electron chi connectivity index (χ0n) is 10.2. The highest BCUT2D eigenvalue weighted by Crippen LogP contribution is 2.22. The second kappa shape index (κ2) is 5.87. The number of halogens is 1. The predicted molar refractivity (Wildman–Crippen MR) is 78.1 cm³/mol. The number of anilines is 1. The Hall–Kier alpha value is -1.55. The van der Waals surface area contributed by atoms with E-state index in [4.69, 9.17) is 0 Å². The molecular formula is C14H15BrN2O. The van der Waals surface area contributed by atoms with Crippen LogP contribution >= 0.6 is 15.9 Å². The topological polar surface area (TPSA) is 34.0 Å². The average Bonchev–Trinajstić information content (AvgIpc) is 2.34. The van der Waals surface area contributed by atoms with Crippen molar-refractivity contribution in [1.29, 1.82) is 0 Å². The fourth-order valence-electron chi connectivity index (χ4n) is 1.72. The molecule has 1 aromatic heterocycles. The molecule has 0 bridgehead atoms. The lowest BCUT2D eigenvalue weighted by Gasteiger charge is -2.10. The molecule has 0 aliphatic rings. The molecule has 2 rings (SSSR count). The van der Waals surface area contributed by atoms with Gasteiger partial charge < -0.3 is 9.88 Å². The molecule has 94 valence electrons. The van der Waals surface area contributed by atoms with Gasteiger partial charge in [-0.15, -0.1) is 0 Å². The van der Waals surface area contributed by atoms with Crippen LogP contribution in [0.3, 0.4) is 0 Å². The Labute approximate surface area is 115 Å². The van der Waals surface area contributed by atoms with E-state index in [1.54, 1.807) is 22.9 Å². The number of hydrogen-bond donors (Lipinski definition) is 1. The van der Waals surface area contributed by atoms with Crippen molar-refractivity contribution in [2.24, 2.45) is 0 Å². The summed E-state index contributed by atoms with van der Waals surface area (Å²) in [7, 11) is 0. The summed E-state index contributed by atoms with van der Waals surface area (Å²) in [6, 6.07) is 11.3. The number of aromatic nitrogens is 1. The summed E-state index contributed by atoms with van der Waals surface area (Å²) in [6.45, 7) is 3.42. The van der Waals surface area contributed by atoms with E-state index in [2.05, 4.69) is 40.3 Å². The average molecular weight is 307 g/mol. The van der Waals surface area contributed by atoms with Crippen LogP contribution in [0.25, 0.3) is 0 Å². The van der Waals surface area contributed by atoms with Gasteiger partial charge in [-0.2, -0.15) is 0 Å². The van der Waals surface area contributed by atoms with Gasteiger partial charge >= 0.3 is 0 Å². The largest absolute Gasteiger partial charge is 0.382 e. The summed E-state index contributed by atoms with van der Waals surface area (Å²) in [5.41, 5.74) is 2.29. The Morgan fingerprint density at radius 2 is 2.11 bits per heavy atom. The zero-order chi connectivity index (χ0) is 13.0. The van der Waals surface area contributed by atoms with Crippen molar-refractivity contribution in [3.05, 3.63) is 63.0 Å². The minimum Gasteiger partial charge on any atom is -0.382 e. The Morgan fingerprint density at radius 3 is 2.83 bits per heavy atom. The molecule has 0 saturated carbocycles. The Bertz CT molecular complexity index is 592. The van der Waals surface area contributed by atoms with E-state index in [1.165, 1.54) is 5.56 Å². The van der Waals surface area contributed by atoms with Crippen molar-refractivity contribution in [2.75, 3.05) is 11.9 Å². The number of nitrogens with one attached hydrogen (secondary N) is 1. The quantitative estimate of drug-likeness (QED) is 0.942. The first-order valence-corrected chi connectivity index (χ1v) is 6.61. The maximum absolute atomic E-state index is 11.5. The van der Waals surface area contributed by atoms with E-state index in [1.807, 2.05) is 12.1 Å². The number of benzene rings is 1. The highest BCUT2D eigenvalue weighted by atomic mass is 79.9. The predicted octanol–water partition coefficient (Wildman–Crippen LogP) is 3.03. The number of aryl methyl sites for hydroxylation is 1. The van der Waals surface area contributed by atoms with Crippen LogP contribution < -0.4 is 10.9 Å². The van der Waals surface area contributed by atoms with Gasteiger partial charge in [0.1, 0.15) is 0 Å². The molecule has 18 heavy (non-hydrogen) atoms. The molecule has 3 nitrogen and oxygen atoms in total. The summed E-state index contributed by atoms with van der Waals surface area (Å²) in [5.74, 6) is 0. The molecule has 1 heterocycles. The molecule has 1 N–H and O–H groups in total. The minimum atomic E-state index is 0.0299. The van der Waals surface area contributed by atoms with Crippen LogP contribution in [0.5, 0.6) is 0 Å². The third-order valence-corrected chi connectivity index (χ3v) is 3.35. The summed E-state index contributed by atoms with van der Waals surface area (Å²) in [5, 5.41) is 3.31. The first kappa shape index (κ1) is 12.9. The number of hydrogen-bond acceptors (Lipinski definition) is 2. The minimum absolute atomic E-state index is 0.0299. The van der Waals surface area contributed by atoms with Gasteiger partial charge in [0, 0.05) is 35.5 Å². The van der Waals surface area contributed by atoms with Crippen molar-refractivity contribution < 1.29 is 0 Å². The molecule has 2 aromatic rings. The van der Waals surface area contributed by atoms with Crippen molar-refractivity contribution in [3.8, 4) is 0 Å². The van der Waals surface area contributed by atoms with Crippen LogP contribution in [-0.2, 0) is 6.54 Å². The molecule has 0 aliphatic heterocycles. The molecule has 0 saturated heterocycles. The molecule has 4 heteroatoms. The third-order valence-electron chi connectivity index (χ3n) is 2.69. The monoisotopic (exact) mass is 306 g/mol.